The summed E-state index contributed by atoms with van der Waals surface area (Å²) in [5.74, 6) is -0.482. The van der Waals surface area contributed by atoms with Crippen molar-refractivity contribution in [1.29, 1.82) is 0 Å². The molecule has 1 aliphatic heterocycles. The summed E-state index contributed by atoms with van der Waals surface area (Å²) in [6, 6.07) is 7.06. The topological polar surface area (TPSA) is 40.5 Å². The van der Waals surface area contributed by atoms with E-state index in [1.165, 1.54) is 4.90 Å². The van der Waals surface area contributed by atoms with Crippen molar-refractivity contribution in [2.24, 2.45) is 0 Å². The van der Waals surface area contributed by atoms with E-state index in [9.17, 15) is 9.90 Å². The SMILES string of the molecule is CCN1C(=O)C(Cl)(Cl)[C@@H](O)c2ccccc21. The summed E-state index contributed by atoms with van der Waals surface area (Å²) in [6.45, 7) is 2.29. The van der Waals surface area contributed by atoms with Crippen molar-refractivity contribution in [3.05, 3.63) is 29.8 Å². The fourth-order valence-electron chi connectivity index (χ4n) is 1.88. The van der Waals surface area contributed by atoms with E-state index >= 15 is 0 Å². The lowest BCUT2D eigenvalue weighted by Crippen LogP contribution is -2.50. The average molecular weight is 260 g/mol. The van der Waals surface area contributed by atoms with E-state index in [-0.39, 0.29) is 0 Å². The molecule has 0 aromatic heterocycles. The first kappa shape index (κ1) is 11.7. The highest BCUT2D eigenvalue weighted by Gasteiger charge is 2.49. The smallest absolute Gasteiger partial charge is 0.266 e. The summed E-state index contributed by atoms with van der Waals surface area (Å²) in [5, 5.41) is 9.96. The van der Waals surface area contributed by atoms with Crippen LogP contribution in [0, 0.1) is 0 Å². The number of aliphatic hydroxyl groups excluding tert-OH is 1. The molecule has 1 N–H and O–H groups in total. The van der Waals surface area contributed by atoms with Gasteiger partial charge in [0.25, 0.3) is 5.91 Å². The van der Waals surface area contributed by atoms with Crippen molar-refractivity contribution in [1.82, 2.24) is 0 Å². The molecule has 1 atom stereocenters. The van der Waals surface area contributed by atoms with Gasteiger partial charge in [0.2, 0.25) is 4.33 Å². The summed E-state index contributed by atoms with van der Waals surface area (Å²) in [7, 11) is 0. The maximum Gasteiger partial charge on any atom is 0.266 e. The predicted octanol–water partition coefficient (Wildman–Crippen LogP) is 2.26. The third-order valence-corrected chi connectivity index (χ3v) is 3.45. The van der Waals surface area contributed by atoms with Gasteiger partial charge in [-0.3, -0.25) is 4.79 Å². The second-order valence-corrected chi connectivity index (χ2v) is 5.02. The number of fused-ring (bicyclic) bond motifs is 1. The van der Waals surface area contributed by atoms with Crippen LogP contribution in [0.2, 0.25) is 0 Å². The molecule has 0 radical (unpaired) electrons. The van der Waals surface area contributed by atoms with Gasteiger partial charge in [0.1, 0.15) is 6.10 Å². The number of hydrogen-bond acceptors (Lipinski definition) is 2. The molecule has 1 amide bonds. The molecule has 16 heavy (non-hydrogen) atoms. The highest BCUT2D eigenvalue weighted by molar-refractivity contribution is 6.60. The van der Waals surface area contributed by atoms with Crippen molar-refractivity contribution in [3.8, 4) is 0 Å². The summed E-state index contributed by atoms with van der Waals surface area (Å²) < 4.78 is -1.80. The van der Waals surface area contributed by atoms with Crippen LogP contribution in [0.3, 0.4) is 0 Å². The van der Waals surface area contributed by atoms with Gasteiger partial charge in [0, 0.05) is 17.8 Å². The van der Waals surface area contributed by atoms with E-state index in [0.29, 0.717) is 17.8 Å². The van der Waals surface area contributed by atoms with Crippen LogP contribution in [-0.4, -0.2) is 21.9 Å². The number of para-hydroxylation sites is 1. The van der Waals surface area contributed by atoms with E-state index in [2.05, 4.69) is 0 Å². The quantitative estimate of drug-likeness (QED) is 0.787. The number of anilines is 1. The first-order valence-electron chi connectivity index (χ1n) is 4.97. The summed E-state index contributed by atoms with van der Waals surface area (Å²) in [6.07, 6.45) is -1.19. The van der Waals surface area contributed by atoms with Crippen LogP contribution in [-0.2, 0) is 4.79 Å². The van der Waals surface area contributed by atoms with Crippen LogP contribution in [0.15, 0.2) is 24.3 Å². The maximum absolute atomic E-state index is 12.0. The van der Waals surface area contributed by atoms with E-state index < -0.39 is 16.3 Å². The fraction of sp³-hybridized carbons (Fsp3) is 0.364. The number of alkyl halides is 2. The molecule has 0 aliphatic carbocycles. The molecular weight excluding hydrogens is 249 g/mol. The Hall–Kier alpha value is -0.770. The van der Waals surface area contributed by atoms with E-state index in [0.717, 1.165) is 0 Å². The molecule has 1 aromatic carbocycles. The normalized spacial score (nSPS) is 23.1. The first-order chi connectivity index (χ1) is 7.50. The number of hydrogen-bond donors (Lipinski definition) is 1. The molecule has 0 unspecified atom stereocenters. The Morgan fingerprint density at radius 1 is 1.44 bits per heavy atom. The molecule has 1 aliphatic rings. The van der Waals surface area contributed by atoms with E-state index in [4.69, 9.17) is 23.2 Å². The average Bonchev–Trinajstić information content (AvgIpc) is 2.28. The van der Waals surface area contributed by atoms with E-state index in [1.807, 2.05) is 6.92 Å². The molecule has 0 saturated carbocycles. The lowest BCUT2D eigenvalue weighted by atomic mass is 9.97. The maximum atomic E-state index is 12.0. The molecule has 1 aromatic rings. The first-order valence-corrected chi connectivity index (χ1v) is 5.72. The second-order valence-electron chi connectivity index (χ2n) is 3.63. The number of rotatable bonds is 1. The molecular formula is C11H11Cl2NO2. The summed E-state index contributed by atoms with van der Waals surface area (Å²) in [4.78, 5) is 13.4. The number of amides is 1. The standard InChI is InChI=1S/C11H11Cl2NO2/c1-2-14-8-6-4-3-5-7(8)9(15)11(12,13)10(14)16/h3-6,9,15H,2H2,1H3/t9-/m0/s1. The van der Waals surface area contributed by atoms with Gasteiger partial charge in [-0.25, -0.2) is 0 Å². The van der Waals surface area contributed by atoms with Gasteiger partial charge < -0.3 is 10.0 Å². The third kappa shape index (κ3) is 1.51. The minimum absolute atomic E-state index is 0.462. The number of halogens is 2. The molecule has 0 spiro atoms. The highest BCUT2D eigenvalue weighted by Crippen LogP contribution is 2.45. The Bertz CT molecular complexity index is 434. The zero-order chi connectivity index (χ0) is 11.9. The zero-order valence-electron chi connectivity index (χ0n) is 8.65. The predicted molar refractivity (Wildman–Crippen MR) is 63.9 cm³/mol. The molecule has 0 fully saturated rings. The Labute approximate surface area is 104 Å². The minimum Gasteiger partial charge on any atom is -0.385 e. The number of carbonyl (C=O) groups is 1. The van der Waals surface area contributed by atoms with Crippen LogP contribution >= 0.6 is 23.2 Å². The third-order valence-electron chi connectivity index (χ3n) is 2.71. The Balaban J connectivity index is 2.62. The summed E-state index contributed by atoms with van der Waals surface area (Å²) in [5.41, 5.74) is 1.24. The number of carbonyl (C=O) groups excluding carboxylic acids is 1. The van der Waals surface area contributed by atoms with Gasteiger partial charge in [-0.2, -0.15) is 0 Å². The molecule has 5 heteroatoms. The van der Waals surface area contributed by atoms with Crippen LogP contribution in [0.5, 0.6) is 0 Å². The molecule has 0 bridgehead atoms. The Kier molecular flexibility index (Phi) is 2.86. The van der Waals surface area contributed by atoms with Gasteiger partial charge in [0.15, 0.2) is 0 Å². The van der Waals surface area contributed by atoms with Gasteiger partial charge in [-0.1, -0.05) is 41.4 Å². The minimum atomic E-state index is -1.80. The number of nitrogens with zero attached hydrogens (tertiary/aromatic N) is 1. The molecule has 1 heterocycles. The van der Waals surface area contributed by atoms with Gasteiger partial charge >= 0.3 is 0 Å². The lowest BCUT2D eigenvalue weighted by molar-refractivity contribution is -0.122. The fourth-order valence-corrected chi connectivity index (χ4v) is 2.32. The number of aliphatic hydroxyl groups is 1. The monoisotopic (exact) mass is 259 g/mol. The zero-order valence-corrected chi connectivity index (χ0v) is 10.2. The van der Waals surface area contributed by atoms with Gasteiger partial charge in [-0.05, 0) is 13.0 Å². The van der Waals surface area contributed by atoms with Crippen LogP contribution in [0.25, 0.3) is 0 Å². The van der Waals surface area contributed by atoms with Gasteiger partial charge in [0.05, 0.1) is 0 Å². The van der Waals surface area contributed by atoms with Gasteiger partial charge in [-0.15, -0.1) is 0 Å². The van der Waals surface area contributed by atoms with E-state index in [1.54, 1.807) is 24.3 Å². The van der Waals surface area contributed by atoms with Crippen molar-refractivity contribution in [3.63, 3.8) is 0 Å². The largest absolute Gasteiger partial charge is 0.385 e. The Morgan fingerprint density at radius 2 is 2.06 bits per heavy atom. The molecule has 0 saturated heterocycles. The van der Waals surface area contributed by atoms with Crippen LogP contribution in [0.1, 0.15) is 18.6 Å². The lowest BCUT2D eigenvalue weighted by Gasteiger charge is -2.38. The molecule has 2 rings (SSSR count). The summed E-state index contributed by atoms with van der Waals surface area (Å²) >= 11 is 11.8. The Morgan fingerprint density at radius 3 is 2.69 bits per heavy atom. The van der Waals surface area contributed by atoms with Crippen LogP contribution in [0.4, 0.5) is 5.69 Å². The second kappa shape index (κ2) is 3.91. The van der Waals surface area contributed by atoms with Crippen molar-refractivity contribution < 1.29 is 9.90 Å². The van der Waals surface area contributed by atoms with Crippen molar-refractivity contribution in [2.45, 2.75) is 17.4 Å². The molecule has 3 nitrogen and oxygen atoms in total. The molecule has 86 valence electrons. The van der Waals surface area contributed by atoms with Crippen LogP contribution < -0.4 is 4.90 Å². The number of benzene rings is 1. The van der Waals surface area contributed by atoms with Crippen molar-refractivity contribution in [2.75, 3.05) is 11.4 Å². The van der Waals surface area contributed by atoms with Crippen molar-refractivity contribution >= 4 is 34.8 Å². The highest BCUT2D eigenvalue weighted by atomic mass is 35.5.